The number of carbonyl (C=O) groups is 1. The minimum Gasteiger partial charge on any atom is -0.465 e. The number of hydrogen-bond acceptors (Lipinski definition) is 5. The number of nitrogens with zero attached hydrogens (tertiary/aromatic N) is 1. The van der Waals surface area contributed by atoms with Gasteiger partial charge in [-0.15, -0.1) is 12.4 Å². The maximum absolute atomic E-state index is 12.8. The molecule has 0 saturated carbocycles. The maximum atomic E-state index is 12.8. The van der Waals surface area contributed by atoms with Crippen molar-refractivity contribution in [3.05, 3.63) is 29.3 Å². The molecule has 0 atom stereocenters. The van der Waals surface area contributed by atoms with Crippen LogP contribution in [0.1, 0.15) is 22.3 Å². The summed E-state index contributed by atoms with van der Waals surface area (Å²) >= 11 is 0. The summed E-state index contributed by atoms with van der Waals surface area (Å²) in [6, 6.07) is 4.68. The van der Waals surface area contributed by atoms with Crippen LogP contribution in [0.2, 0.25) is 0 Å². The lowest BCUT2D eigenvalue weighted by Gasteiger charge is -2.21. The van der Waals surface area contributed by atoms with Crippen LogP contribution in [0.25, 0.3) is 0 Å². The number of nitrogens with one attached hydrogen (secondary N) is 1. The fraction of sp³-hybridized carbons (Fsp3) is 0.500. The Morgan fingerprint density at radius 1 is 1.27 bits per heavy atom. The highest BCUT2D eigenvalue weighted by Gasteiger charge is 2.28. The van der Waals surface area contributed by atoms with Gasteiger partial charge < -0.3 is 10.1 Å². The summed E-state index contributed by atoms with van der Waals surface area (Å²) < 4.78 is 31.7. The lowest BCUT2D eigenvalue weighted by Crippen LogP contribution is -2.34. The Kier molecular flexibility index (Phi) is 6.80. The van der Waals surface area contributed by atoms with Crippen molar-refractivity contribution >= 4 is 28.4 Å². The maximum Gasteiger partial charge on any atom is 0.338 e. The van der Waals surface area contributed by atoms with Gasteiger partial charge in [-0.2, -0.15) is 4.31 Å². The molecule has 1 aromatic carbocycles. The summed E-state index contributed by atoms with van der Waals surface area (Å²) in [6.07, 6.45) is 0.773. The van der Waals surface area contributed by atoms with Gasteiger partial charge in [0.1, 0.15) is 0 Å². The minimum absolute atomic E-state index is 0. The van der Waals surface area contributed by atoms with Crippen LogP contribution in [0.3, 0.4) is 0 Å². The van der Waals surface area contributed by atoms with Crippen LogP contribution in [0.5, 0.6) is 0 Å². The molecule has 0 aromatic heterocycles. The van der Waals surface area contributed by atoms with Crippen molar-refractivity contribution in [3.63, 3.8) is 0 Å². The Labute approximate surface area is 137 Å². The zero-order valence-electron chi connectivity index (χ0n) is 12.7. The summed E-state index contributed by atoms with van der Waals surface area (Å²) in [4.78, 5) is 11.9. The molecule has 1 N–H and O–H groups in total. The molecule has 1 saturated heterocycles. The van der Waals surface area contributed by atoms with E-state index in [9.17, 15) is 13.2 Å². The largest absolute Gasteiger partial charge is 0.465 e. The van der Waals surface area contributed by atoms with Crippen LogP contribution in [0, 0.1) is 6.92 Å². The van der Waals surface area contributed by atoms with Crippen molar-refractivity contribution in [3.8, 4) is 0 Å². The molecule has 1 aliphatic rings. The zero-order valence-corrected chi connectivity index (χ0v) is 14.3. The number of esters is 1. The Morgan fingerprint density at radius 3 is 2.68 bits per heavy atom. The van der Waals surface area contributed by atoms with E-state index in [0.717, 1.165) is 13.0 Å². The fourth-order valence-electron chi connectivity index (χ4n) is 2.43. The van der Waals surface area contributed by atoms with Gasteiger partial charge in [-0.05, 0) is 37.6 Å². The molecule has 1 aromatic rings. The number of ether oxygens (including phenoxy) is 1. The summed E-state index contributed by atoms with van der Waals surface area (Å²) in [5, 5.41) is 3.17. The quantitative estimate of drug-likeness (QED) is 0.830. The van der Waals surface area contributed by atoms with Crippen molar-refractivity contribution in [2.75, 3.05) is 33.3 Å². The molecule has 6 nitrogen and oxygen atoms in total. The highest BCUT2D eigenvalue weighted by molar-refractivity contribution is 7.89. The first-order valence-electron chi connectivity index (χ1n) is 6.87. The standard InChI is InChI=1S/C14H20N2O4S.ClH/c1-11-12(14(17)20-2)5-3-6-13(11)21(18,19)16-9-4-7-15-8-10-16;/h3,5-6,15H,4,7-10H2,1-2H3;1H. The van der Waals surface area contributed by atoms with E-state index >= 15 is 0 Å². The van der Waals surface area contributed by atoms with Crippen molar-refractivity contribution in [2.45, 2.75) is 18.2 Å². The average molecular weight is 349 g/mol. The van der Waals surface area contributed by atoms with Gasteiger partial charge in [-0.3, -0.25) is 0 Å². The number of sulfonamides is 1. The van der Waals surface area contributed by atoms with E-state index in [-0.39, 0.29) is 22.9 Å². The Bertz CT molecular complexity index is 626. The Hall–Kier alpha value is -1.15. The highest BCUT2D eigenvalue weighted by Crippen LogP contribution is 2.23. The molecule has 0 aliphatic carbocycles. The number of methoxy groups -OCH3 is 1. The van der Waals surface area contributed by atoms with Gasteiger partial charge in [0.2, 0.25) is 10.0 Å². The lowest BCUT2D eigenvalue weighted by molar-refractivity contribution is 0.0599. The molecule has 0 amide bonds. The van der Waals surface area contributed by atoms with Crippen LogP contribution >= 0.6 is 12.4 Å². The molecule has 0 spiro atoms. The van der Waals surface area contributed by atoms with Gasteiger partial charge in [0.25, 0.3) is 0 Å². The molecule has 1 aliphatic heterocycles. The Balaban J connectivity index is 0.00000242. The molecule has 2 rings (SSSR count). The second-order valence-corrected chi connectivity index (χ2v) is 6.83. The first kappa shape index (κ1) is 18.9. The number of hydrogen-bond donors (Lipinski definition) is 1. The second-order valence-electron chi connectivity index (χ2n) is 4.93. The Morgan fingerprint density at radius 2 is 2.00 bits per heavy atom. The predicted octanol–water partition coefficient (Wildman–Crippen LogP) is 1.19. The van der Waals surface area contributed by atoms with Crippen LogP contribution in [0.15, 0.2) is 23.1 Å². The van der Waals surface area contributed by atoms with Crippen molar-refractivity contribution < 1.29 is 17.9 Å². The monoisotopic (exact) mass is 348 g/mol. The number of benzene rings is 1. The highest BCUT2D eigenvalue weighted by atomic mass is 35.5. The van der Waals surface area contributed by atoms with Gasteiger partial charge >= 0.3 is 5.97 Å². The number of halogens is 1. The third-order valence-electron chi connectivity index (χ3n) is 3.61. The van der Waals surface area contributed by atoms with E-state index in [0.29, 0.717) is 25.2 Å². The zero-order chi connectivity index (χ0) is 15.5. The van der Waals surface area contributed by atoms with E-state index in [4.69, 9.17) is 4.74 Å². The van der Waals surface area contributed by atoms with Crippen molar-refractivity contribution in [1.82, 2.24) is 9.62 Å². The molecule has 0 radical (unpaired) electrons. The third kappa shape index (κ3) is 3.78. The molecule has 0 unspecified atom stereocenters. The van der Waals surface area contributed by atoms with E-state index in [2.05, 4.69) is 5.32 Å². The van der Waals surface area contributed by atoms with Gasteiger partial charge in [-0.1, -0.05) is 6.07 Å². The van der Waals surface area contributed by atoms with Gasteiger partial charge in [0, 0.05) is 19.6 Å². The fourth-order valence-corrected chi connectivity index (χ4v) is 4.15. The molecule has 124 valence electrons. The summed E-state index contributed by atoms with van der Waals surface area (Å²) in [6.45, 7) is 4.00. The molecule has 0 bridgehead atoms. The van der Waals surface area contributed by atoms with Crippen LogP contribution < -0.4 is 5.32 Å². The molecule has 22 heavy (non-hydrogen) atoms. The van der Waals surface area contributed by atoms with E-state index < -0.39 is 16.0 Å². The van der Waals surface area contributed by atoms with Crippen LogP contribution in [0.4, 0.5) is 0 Å². The lowest BCUT2D eigenvalue weighted by atomic mass is 10.1. The third-order valence-corrected chi connectivity index (χ3v) is 5.65. The average Bonchev–Trinajstić information content (AvgIpc) is 2.76. The molecule has 1 heterocycles. The second kappa shape index (κ2) is 7.92. The summed E-state index contributed by atoms with van der Waals surface area (Å²) in [7, 11) is -2.31. The SMILES string of the molecule is COC(=O)c1cccc(S(=O)(=O)N2CCCNCC2)c1C.Cl. The number of carbonyl (C=O) groups excluding carboxylic acids is 1. The van der Waals surface area contributed by atoms with Crippen LogP contribution in [-0.2, 0) is 14.8 Å². The van der Waals surface area contributed by atoms with E-state index in [1.165, 1.54) is 17.5 Å². The summed E-state index contributed by atoms with van der Waals surface area (Å²) in [5.74, 6) is -0.526. The van der Waals surface area contributed by atoms with E-state index in [1.807, 2.05) is 0 Å². The number of rotatable bonds is 3. The molecular formula is C14H21ClN2O4S. The van der Waals surface area contributed by atoms with Gasteiger partial charge in [0.15, 0.2) is 0 Å². The smallest absolute Gasteiger partial charge is 0.338 e. The van der Waals surface area contributed by atoms with Crippen molar-refractivity contribution in [1.29, 1.82) is 0 Å². The van der Waals surface area contributed by atoms with E-state index in [1.54, 1.807) is 19.1 Å². The normalized spacial score (nSPS) is 16.5. The van der Waals surface area contributed by atoms with Gasteiger partial charge in [0.05, 0.1) is 17.6 Å². The predicted molar refractivity (Wildman–Crippen MR) is 86.0 cm³/mol. The molecule has 8 heteroatoms. The molecule has 1 fully saturated rings. The summed E-state index contributed by atoms with van der Waals surface area (Å²) in [5.41, 5.74) is 0.716. The van der Waals surface area contributed by atoms with Crippen LogP contribution in [-0.4, -0.2) is 52.0 Å². The topological polar surface area (TPSA) is 75.7 Å². The van der Waals surface area contributed by atoms with Crippen molar-refractivity contribution in [2.24, 2.45) is 0 Å². The first-order valence-corrected chi connectivity index (χ1v) is 8.31. The molecular weight excluding hydrogens is 328 g/mol. The first-order chi connectivity index (χ1) is 9.98. The van der Waals surface area contributed by atoms with Gasteiger partial charge in [-0.25, -0.2) is 13.2 Å². The minimum atomic E-state index is -3.59.